The molecule has 4 nitrogen and oxygen atoms in total. The lowest BCUT2D eigenvalue weighted by atomic mass is 10.1. The van der Waals surface area contributed by atoms with Crippen LogP contribution in [-0.4, -0.2) is 31.0 Å². The SMILES string of the molecule is CCNC/C=C/COc1ccc2c(c1)/C(=N\OC(C)(C)C)c1ccccc1-2. The van der Waals surface area contributed by atoms with Crippen LogP contribution in [0.4, 0.5) is 0 Å². The van der Waals surface area contributed by atoms with Gasteiger partial charge < -0.3 is 14.9 Å². The van der Waals surface area contributed by atoms with Crippen LogP contribution in [0.15, 0.2) is 59.8 Å². The van der Waals surface area contributed by atoms with Gasteiger partial charge in [-0.1, -0.05) is 48.5 Å². The van der Waals surface area contributed by atoms with Gasteiger partial charge in [0.05, 0.1) is 0 Å². The van der Waals surface area contributed by atoms with Gasteiger partial charge in [-0.15, -0.1) is 0 Å². The minimum Gasteiger partial charge on any atom is -0.490 e. The van der Waals surface area contributed by atoms with Gasteiger partial charge in [0, 0.05) is 17.7 Å². The standard InChI is InChI=1S/C23H28N2O2/c1-5-24-14-8-9-15-26-17-12-13-19-18-10-6-7-11-20(18)22(21(19)16-17)25-27-23(2,3)4/h6-13,16,24H,5,14-15H2,1-4H3/b9-8+,25-22-. The summed E-state index contributed by atoms with van der Waals surface area (Å²) in [5.41, 5.74) is 5.02. The number of ether oxygens (including phenoxy) is 1. The van der Waals surface area contributed by atoms with Crippen molar-refractivity contribution in [3.05, 3.63) is 65.7 Å². The first-order valence-electron chi connectivity index (χ1n) is 9.48. The average Bonchev–Trinajstić information content (AvgIpc) is 2.95. The Morgan fingerprint density at radius 3 is 2.44 bits per heavy atom. The monoisotopic (exact) mass is 364 g/mol. The van der Waals surface area contributed by atoms with Gasteiger partial charge in [-0.2, -0.15) is 0 Å². The first kappa shape index (κ1) is 19.2. The highest BCUT2D eigenvalue weighted by atomic mass is 16.6. The van der Waals surface area contributed by atoms with Crippen molar-refractivity contribution in [2.75, 3.05) is 19.7 Å². The van der Waals surface area contributed by atoms with Gasteiger partial charge in [0.15, 0.2) is 0 Å². The van der Waals surface area contributed by atoms with Crippen LogP contribution in [0.25, 0.3) is 11.1 Å². The Morgan fingerprint density at radius 1 is 0.963 bits per heavy atom. The summed E-state index contributed by atoms with van der Waals surface area (Å²) in [7, 11) is 0. The van der Waals surface area contributed by atoms with E-state index in [-0.39, 0.29) is 5.60 Å². The molecule has 0 saturated heterocycles. The molecule has 0 aliphatic heterocycles. The van der Waals surface area contributed by atoms with Crippen LogP contribution < -0.4 is 10.1 Å². The van der Waals surface area contributed by atoms with Gasteiger partial charge in [0.2, 0.25) is 0 Å². The quantitative estimate of drug-likeness (QED) is 0.373. The van der Waals surface area contributed by atoms with Crippen molar-refractivity contribution < 1.29 is 9.57 Å². The van der Waals surface area contributed by atoms with E-state index in [2.05, 4.69) is 53.8 Å². The molecule has 2 aromatic carbocycles. The molecule has 3 rings (SSSR count). The molecule has 1 N–H and O–H groups in total. The maximum absolute atomic E-state index is 5.89. The molecule has 0 unspecified atom stereocenters. The van der Waals surface area contributed by atoms with Crippen molar-refractivity contribution >= 4 is 5.71 Å². The van der Waals surface area contributed by atoms with Gasteiger partial charge >= 0.3 is 0 Å². The van der Waals surface area contributed by atoms with Crippen molar-refractivity contribution in [1.82, 2.24) is 5.32 Å². The Bertz CT molecular complexity index is 848. The third-order valence-electron chi connectivity index (χ3n) is 4.15. The summed E-state index contributed by atoms with van der Waals surface area (Å²) in [5.74, 6) is 0.832. The minimum atomic E-state index is -0.337. The van der Waals surface area contributed by atoms with Crippen molar-refractivity contribution in [3.8, 4) is 16.9 Å². The fraction of sp³-hybridized carbons (Fsp3) is 0.348. The molecule has 0 aromatic heterocycles. The maximum atomic E-state index is 5.89. The third kappa shape index (κ3) is 4.77. The molecule has 0 amide bonds. The predicted molar refractivity (Wildman–Crippen MR) is 112 cm³/mol. The van der Waals surface area contributed by atoms with E-state index >= 15 is 0 Å². The predicted octanol–water partition coefficient (Wildman–Crippen LogP) is 4.78. The molecule has 0 bridgehead atoms. The summed E-state index contributed by atoms with van der Waals surface area (Å²) in [5, 5.41) is 7.74. The van der Waals surface area contributed by atoms with E-state index in [0.29, 0.717) is 6.61 Å². The van der Waals surface area contributed by atoms with Gasteiger partial charge in [-0.05, 0) is 56.6 Å². The minimum absolute atomic E-state index is 0.337. The largest absolute Gasteiger partial charge is 0.490 e. The van der Waals surface area contributed by atoms with Gasteiger partial charge in [0.25, 0.3) is 0 Å². The molecular formula is C23H28N2O2. The highest BCUT2D eigenvalue weighted by molar-refractivity contribution is 6.24. The van der Waals surface area contributed by atoms with Crippen LogP contribution in [0.3, 0.4) is 0 Å². The highest BCUT2D eigenvalue weighted by Crippen LogP contribution is 2.39. The highest BCUT2D eigenvalue weighted by Gasteiger charge is 2.26. The second kappa shape index (κ2) is 8.40. The van der Waals surface area contributed by atoms with E-state index in [9.17, 15) is 0 Å². The summed E-state index contributed by atoms with van der Waals surface area (Å²) in [6.45, 7) is 10.5. The summed E-state index contributed by atoms with van der Waals surface area (Å²) >= 11 is 0. The van der Waals surface area contributed by atoms with E-state index in [1.165, 1.54) is 5.56 Å². The Kier molecular flexibility index (Phi) is 5.97. The fourth-order valence-electron chi connectivity index (χ4n) is 2.92. The van der Waals surface area contributed by atoms with Crippen LogP contribution in [-0.2, 0) is 4.84 Å². The number of likely N-dealkylation sites (N-methyl/N-ethyl adjacent to an activating group) is 1. The second-order valence-corrected chi connectivity index (χ2v) is 7.49. The zero-order valence-electron chi connectivity index (χ0n) is 16.6. The van der Waals surface area contributed by atoms with Crippen LogP contribution in [0, 0.1) is 0 Å². The fourth-order valence-corrected chi connectivity index (χ4v) is 2.92. The van der Waals surface area contributed by atoms with Gasteiger partial charge in [-0.3, -0.25) is 0 Å². The molecule has 0 atom stereocenters. The number of oxime groups is 1. The summed E-state index contributed by atoms with van der Waals surface area (Å²) in [6.07, 6.45) is 4.11. The van der Waals surface area contributed by atoms with Crippen LogP contribution in [0.1, 0.15) is 38.8 Å². The van der Waals surface area contributed by atoms with Crippen LogP contribution in [0.5, 0.6) is 5.75 Å². The zero-order valence-corrected chi connectivity index (χ0v) is 16.6. The third-order valence-corrected chi connectivity index (χ3v) is 4.15. The zero-order chi connectivity index (χ0) is 19.3. The van der Waals surface area contributed by atoms with Crippen LogP contribution >= 0.6 is 0 Å². The number of fused-ring (bicyclic) bond motifs is 3. The van der Waals surface area contributed by atoms with Crippen molar-refractivity contribution in [1.29, 1.82) is 0 Å². The van der Waals surface area contributed by atoms with E-state index in [1.807, 2.05) is 39.0 Å². The lowest BCUT2D eigenvalue weighted by Gasteiger charge is -2.16. The van der Waals surface area contributed by atoms with Crippen molar-refractivity contribution in [3.63, 3.8) is 0 Å². The molecule has 0 fully saturated rings. The first-order valence-corrected chi connectivity index (χ1v) is 9.48. The molecule has 0 saturated carbocycles. The Hall–Kier alpha value is -2.59. The smallest absolute Gasteiger partial charge is 0.129 e. The lowest BCUT2D eigenvalue weighted by Crippen LogP contribution is -2.17. The van der Waals surface area contributed by atoms with Crippen molar-refractivity contribution in [2.24, 2.45) is 5.16 Å². The summed E-state index contributed by atoms with van der Waals surface area (Å²) in [6, 6.07) is 14.5. The number of benzene rings is 2. The molecule has 0 heterocycles. The molecule has 1 aliphatic rings. The van der Waals surface area contributed by atoms with E-state index in [0.717, 1.165) is 41.2 Å². The van der Waals surface area contributed by atoms with E-state index < -0.39 is 0 Å². The number of nitrogens with one attached hydrogen (secondary N) is 1. The second-order valence-electron chi connectivity index (χ2n) is 7.49. The first-order chi connectivity index (χ1) is 13.0. The Morgan fingerprint density at radius 2 is 1.70 bits per heavy atom. The average molecular weight is 364 g/mol. The van der Waals surface area contributed by atoms with E-state index in [4.69, 9.17) is 9.57 Å². The molecule has 1 aliphatic carbocycles. The van der Waals surface area contributed by atoms with Crippen molar-refractivity contribution in [2.45, 2.75) is 33.3 Å². The lowest BCUT2D eigenvalue weighted by molar-refractivity contribution is 0.00121. The topological polar surface area (TPSA) is 42.8 Å². The molecule has 0 spiro atoms. The number of nitrogens with zero attached hydrogens (tertiary/aromatic N) is 1. The molecular weight excluding hydrogens is 336 g/mol. The Labute approximate surface area is 161 Å². The molecule has 0 radical (unpaired) electrons. The summed E-state index contributed by atoms with van der Waals surface area (Å²) in [4.78, 5) is 5.73. The molecule has 142 valence electrons. The number of rotatable bonds is 7. The maximum Gasteiger partial charge on any atom is 0.129 e. The van der Waals surface area contributed by atoms with E-state index in [1.54, 1.807) is 0 Å². The normalized spacial score (nSPS) is 14.4. The van der Waals surface area contributed by atoms with Gasteiger partial charge in [0.1, 0.15) is 23.7 Å². The Balaban J connectivity index is 1.83. The summed E-state index contributed by atoms with van der Waals surface area (Å²) < 4.78 is 5.89. The number of hydrogen-bond acceptors (Lipinski definition) is 4. The molecule has 2 aromatic rings. The molecule has 4 heteroatoms. The van der Waals surface area contributed by atoms with Crippen LogP contribution in [0.2, 0.25) is 0 Å². The van der Waals surface area contributed by atoms with Gasteiger partial charge in [-0.25, -0.2) is 0 Å². The number of hydrogen-bond donors (Lipinski definition) is 1. The molecule has 27 heavy (non-hydrogen) atoms.